The fourth-order valence-electron chi connectivity index (χ4n) is 5.22. The topological polar surface area (TPSA) is 89.4 Å². The lowest BCUT2D eigenvalue weighted by atomic mass is 9.99. The van der Waals surface area contributed by atoms with Crippen molar-refractivity contribution < 1.29 is 4.42 Å². The summed E-state index contributed by atoms with van der Waals surface area (Å²) in [6.07, 6.45) is 3.54. The molecule has 0 unspecified atom stereocenters. The Kier molecular flexibility index (Phi) is 5.58. The Morgan fingerprint density at radius 2 is 1.64 bits per heavy atom. The summed E-state index contributed by atoms with van der Waals surface area (Å²) in [5.74, 6) is 0. The highest BCUT2D eigenvalue weighted by molar-refractivity contribution is 6.09. The van der Waals surface area contributed by atoms with Gasteiger partial charge in [0.2, 0.25) is 0 Å². The van der Waals surface area contributed by atoms with Crippen molar-refractivity contribution in [2.24, 2.45) is 0 Å². The number of fused-ring (bicyclic) bond motifs is 4. The van der Waals surface area contributed by atoms with Crippen LogP contribution in [0.15, 0.2) is 95.4 Å². The molecule has 2 heterocycles. The van der Waals surface area contributed by atoms with Gasteiger partial charge in [-0.2, -0.15) is 15.8 Å². The van der Waals surface area contributed by atoms with Gasteiger partial charge in [-0.1, -0.05) is 43.0 Å². The first-order valence-electron chi connectivity index (χ1n) is 12.3. The predicted octanol–water partition coefficient (Wildman–Crippen LogP) is 8.51. The summed E-state index contributed by atoms with van der Waals surface area (Å²) in [5.41, 5.74) is 7.97. The quantitative estimate of drug-likeness (QED) is 0.227. The number of furan rings is 1. The van der Waals surface area contributed by atoms with Gasteiger partial charge in [0, 0.05) is 38.5 Å². The molecule has 0 amide bonds. The van der Waals surface area contributed by atoms with Crippen molar-refractivity contribution in [3.63, 3.8) is 0 Å². The van der Waals surface area contributed by atoms with Gasteiger partial charge in [-0.05, 0) is 67.1 Å². The van der Waals surface area contributed by atoms with E-state index in [1.165, 1.54) is 0 Å². The second-order valence-electron chi connectivity index (χ2n) is 9.28. The molecule has 0 bridgehead atoms. The predicted molar refractivity (Wildman–Crippen MR) is 155 cm³/mol. The van der Waals surface area contributed by atoms with Crippen molar-refractivity contribution in [3.05, 3.63) is 113 Å². The van der Waals surface area contributed by atoms with Crippen LogP contribution in [0.5, 0.6) is 0 Å². The minimum Gasteiger partial charge on any atom is -0.455 e. The molecule has 0 aliphatic carbocycles. The molecule has 0 N–H and O–H groups in total. The molecule has 0 saturated heterocycles. The molecule has 6 rings (SSSR count). The van der Waals surface area contributed by atoms with E-state index in [9.17, 15) is 15.8 Å². The molecule has 0 saturated carbocycles. The van der Waals surface area contributed by atoms with Gasteiger partial charge in [0.05, 0.1) is 40.5 Å². The SMILES string of the molecule is C=Cc1c(/C=C(\C)C#N)c2cc(C#N)ccc2n1-c1cc(C#N)cc(-c2cccc3c2oc2ccccc23)c1. The largest absolute Gasteiger partial charge is 0.455 e. The van der Waals surface area contributed by atoms with Crippen LogP contribution in [-0.2, 0) is 0 Å². The molecule has 0 aliphatic rings. The van der Waals surface area contributed by atoms with Crippen LogP contribution >= 0.6 is 0 Å². The monoisotopic (exact) mass is 500 g/mol. The van der Waals surface area contributed by atoms with E-state index >= 15 is 0 Å². The van der Waals surface area contributed by atoms with E-state index in [1.807, 2.05) is 77.4 Å². The summed E-state index contributed by atoms with van der Waals surface area (Å²) in [4.78, 5) is 0. The second kappa shape index (κ2) is 9.24. The van der Waals surface area contributed by atoms with Crippen molar-refractivity contribution in [1.82, 2.24) is 4.57 Å². The fraction of sp³-hybridized carbons (Fsp3) is 0.0294. The van der Waals surface area contributed by atoms with Crippen LogP contribution in [0.1, 0.15) is 29.3 Å². The van der Waals surface area contributed by atoms with E-state index in [2.05, 4.69) is 24.8 Å². The first kappa shape index (κ1) is 23.6. The number of nitrogens with zero attached hydrogens (tertiary/aromatic N) is 4. The number of benzene rings is 4. The highest BCUT2D eigenvalue weighted by atomic mass is 16.3. The van der Waals surface area contributed by atoms with Crippen molar-refractivity contribution in [1.29, 1.82) is 15.8 Å². The average Bonchev–Trinajstić information content (AvgIpc) is 3.51. The van der Waals surface area contributed by atoms with Crippen LogP contribution in [0.2, 0.25) is 0 Å². The maximum absolute atomic E-state index is 9.99. The van der Waals surface area contributed by atoms with Crippen LogP contribution in [0.3, 0.4) is 0 Å². The molecule has 0 spiro atoms. The summed E-state index contributed by atoms with van der Waals surface area (Å²) in [7, 11) is 0. The third kappa shape index (κ3) is 3.77. The molecule has 2 aromatic heterocycles. The fourth-order valence-corrected chi connectivity index (χ4v) is 5.22. The molecule has 0 radical (unpaired) electrons. The molecule has 0 atom stereocenters. The zero-order chi connectivity index (χ0) is 27.1. The van der Waals surface area contributed by atoms with Gasteiger partial charge >= 0.3 is 0 Å². The molecular formula is C34H20N4O. The lowest BCUT2D eigenvalue weighted by Gasteiger charge is -2.13. The molecule has 5 heteroatoms. The molecule has 39 heavy (non-hydrogen) atoms. The van der Waals surface area contributed by atoms with E-state index in [0.717, 1.165) is 60.9 Å². The van der Waals surface area contributed by atoms with Gasteiger partial charge in [0.1, 0.15) is 11.2 Å². The molecule has 5 nitrogen and oxygen atoms in total. The highest BCUT2D eigenvalue weighted by Crippen LogP contribution is 2.38. The molecule has 182 valence electrons. The Labute approximate surface area is 225 Å². The van der Waals surface area contributed by atoms with E-state index < -0.39 is 0 Å². The first-order valence-corrected chi connectivity index (χ1v) is 12.3. The third-order valence-corrected chi connectivity index (χ3v) is 6.92. The number of allylic oxidation sites excluding steroid dienone is 1. The number of nitriles is 3. The second-order valence-corrected chi connectivity index (χ2v) is 9.28. The number of hydrogen-bond acceptors (Lipinski definition) is 4. The Bertz CT molecular complexity index is 2130. The molecule has 6 aromatic rings. The number of hydrogen-bond donors (Lipinski definition) is 0. The van der Waals surface area contributed by atoms with Crippen molar-refractivity contribution in [3.8, 4) is 35.0 Å². The summed E-state index contributed by atoms with van der Waals surface area (Å²) in [6.45, 7) is 5.80. The Balaban J connectivity index is 1.68. The Morgan fingerprint density at radius 3 is 2.41 bits per heavy atom. The lowest BCUT2D eigenvalue weighted by molar-refractivity contribution is 0.670. The van der Waals surface area contributed by atoms with Gasteiger partial charge in [0.25, 0.3) is 0 Å². The van der Waals surface area contributed by atoms with Crippen molar-refractivity contribution in [2.75, 3.05) is 0 Å². The van der Waals surface area contributed by atoms with E-state index in [1.54, 1.807) is 25.1 Å². The molecular weight excluding hydrogens is 480 g/mol. The van der Waals surface area contributed by atoms with Crippen LogP contribution in [0.4, 0.5) is 0 Å². The number of aromatic nitrogens is 1. The highest BCUT2D eigenvalue weighted by Gasteiger charge is 2.19. The summed E-state index contributed by atoms with van der Waals surface area (Å²) in [5, 5.41) is 31.9. The smallest absolute Gasteiger partial charge is 0.143 e. The normalized spacial score (nSPS) is 11.4. The van der Waals surface area contributed by atoms with Crippen LogP contribution in [0, 0.1) is 34.0 Å². The summed E-state index contributed by atoms with van der Waals surface area (Å²) >= 11 is 0. The summed E-state index contributed by atoms with van der Waals surface area (Å²) in [6, 6.07) is 31.8. The van der Waals surface area contributed by atoms with E-state index in [-0.39, 0.29) is 0 Å². The van der Waals surface area contributed by atoms with Crippen LogP contribution in [-0.4, -0.2) is 4.57 Å². The number of para-hydroxylation sites is 2. The number of rotatable bonds is 4. The molecule has 4 aromatic carbocycles. The Morgan fingerprint density at radius 1 is 0.846 bits per heavy atom. The van der Waals surface area contributed by atoms with Crippen LogP contribution < -0.4 is 0 Å². The average molecular weight is 501 g/mol. The minimum absolute atomic E-state index is 0.492. The van der Waals surface area contributed by atoms with Gasteiger partial charge < -0.3 is 8.98 Å². The van der Waals surface area contributed by atoms with Gasteiger partial charge in [0.15, 0.2) is 0 Å². The first-order chi connectivity index (χ1) is 19.1. The maximum Gasteiger partial charge on any atom is 0.143 e. The van der Waals surface area contributed by atoms with Crippen molar-refractivity contribution >= 4 is 45.0 Å². The standard InChI is InChI=1S/C34H20N4O/c1-3-31-29(13-21(2)18-35)30-16-22(19-36)11-12-32(30)38(31)25-15-23(20-37)14-24(17-25)26-8-6-9-28-27-7-4-5-10-33(27)39-34(26)28/h3-17H,1H2,2H3/b21-13+. The molecule has 0 aliphatic heterocycles. The zero-order valence-electron chi connectivity index (χ0n) is 21.1. The maximum atomic E-state index is 9.99. The zero-order valence-corrected chi connectivity index (χ0v) is 21.1. The van der Waals surface area contributed by atoms with E-state index in [0.29, 0.717) is 16.7 Å². The van der Waals surface area contributed by atoms with Crippen LogP contribution in [0.25, 0.3) is 61.8 Å². The van der Waals surface area contributed by atoms with Crippen molar-refractivity contribution in [2.45, 2.75) is 6.92 Å². The van der Waals surface area contributed by atoms with Gasteiger partial charge in [-0.15, -0.1) is 0 Å². The third-order valence-electron chi connectivity index (χ3n) is 6.92. The minimum atomic E-state index is 0.492. The Hall–Kier alpha value is -5.83. The molecule has 0 fully saturated rings. The van der Waals surface area contributed by atoms with E-state index in [4.69, 9.17) is 4.42 Å². The summed E-state index contributed by atoms with van der Waals surface area (Å²) < 4.78 is 8.30. The van der Waals surface area contributed by atoms with Gasteiger partial charge in [-0.25, -0.2) is 0 Å². The lowest BCUT2D eigenvalue weighted by Crippen LogP contribution is -1.99. The van der Waals surface area contributed by atoms with Gasteiger partial charge in [-0.3, -0.25) is 0 Å².